The van der Waals surface area contributed by atoms with Crippen molar-refractivity contribution >= 4 is 28.8 Å². The van der Waals surface area contributed by atoms with E-state index in [4.69, 9.17) is 22.1 Å². The third kappa shape index (κ3) is 4.97. The first-order valence-corrected chi connectivity index (χ1v) is 8.10. The van der Waals surface area contributed by atoms with Crippen molar-refractivity contribution in [3.63, 3.8) is 0 Å². The van der Waals surface area contributed by atoms with Crippen LogP contribution in [0.4, 0.5) is 34.8 Å². The van der Waals surface area contributed by atoms with Crippen LogP contribution in [0.1, 0.15) is 0 Å². The molecule has 0 aliphatic carbocycles. The Balaban J connectivity index is 2.01. The van der Waals surface area contributed by atoms with E-state index in [1.807, 2.05) is 0 Å². The molecule has 6 nitrogen and oxygen atoms in total. The third-order valence-electron chi connectivity index (χ3n) is 3.40. The van der Waals surface area contributed by atoms with Crippen LogP contribution in [0.25, 0.3) is 11.3 Å². The van der Waals surface area contributed by atoms with Crippen molar-refractivity contribution in [3.8, 4) is 17.1 Å². The number of rotatable bonds is 5. The number of nitrogens with zero attached hydrogens (tertiary/aromatic N) is 3. The molecular formula is C17H12ClF4N5O. The molecule has 0 saturated heterocycles. The summed E-state index contributed by atoms with van der Waals surface area (Å²) < 4.78 is 56.4. The molecule has 2 heterocycles. The molecule has 0 fully saturated rings. The molecular weight excluding hydrogens is 402 g/mol. The molecule has 0 radical (unpaired) electrons. The summed E-state index contributed by atoms with van der Waals surface area (Å²) in [6.45, 7) is -1.57. The van der Waals surface area contributed by atoms with Crippen molar-refractivity contribution in [1.29, 1.82) is 0 Å². The van der Waals surface area contributed by atoms with Gasteiger partial charge in [-0.2, -0.15) is 13.2 Å². The highest BCUT2D eigenvalue weighted by atomic mass is 35.5. The van der Waals surface area contributed by atoms with Gasteiger partial charge in [-0.25, -0.2) is 9.37 Å². The summed E-state index contributed by atoms with van der Waals surface area (Å²) in [5.74, 6) is -0.855. The van der Waals surface area contributed by atoms with Gasteiger partial charge in [-0.3, -0.25) is 0 Å². The van der Waals surface area contributed by atoms with E-state index in [-0.39, 0.29) is 27.8 Å². The van der Waals surface area contributed by atoms with E-state index in [9.17, 15) is 17.6 Å². The Bertz CT molecular complexity index is 1000. The summed E-state index contributed by atoms with van der Waals surface area (Å²) in [7, 11) is 0. The van der Waals surface area contributed by atoms with Gasteiger partial charge in [0, 0.05) is 28.5 Å². The van der Waals surface area contributed by atoms with Crippen LogP contribution in [0, 0.1) is 5.82 Å². The molecule has 0 atom stereocenters. The molecule has 3 aromatic rings. The van der Waals surface area contributed by atoms with E-state index < -0.39 is 24.5 Å². The van der Waals surface area contributed by atoms with Crippen molar-refractivity contribution in [2.24, 2.45) is 0 Å². The first-order chi connectivity index (χ1) is 13.2. The van der Waals surface area contributed by atoms with Gasteiger partial charge in [-0.1, -0.05) is 11.6 Å². The second kappa shape index (κ2) is 7.85. The summed E-state index contributed by atoms with van der Waals surface area (Å²) in [5.41, 5.74) is 6.11. The molecule has 1 aromatic carbocycles. The Labute approximate surface area is 161 Å². The van der Waals surface area contributed by atoms with E-state index in [1.165, 1.54) is 36.5 Å². The van der Waals surface area contributed by atoms with Gasteiger partial charge in [0.05, 0.1) is 5.69 Å². The molecule has 0 amide bonds. The number of alkyl halides is 3. The Kier molecular flexibility index (Phi) is 5.50. The van der Waals surface area contributed by atoms with Crippen molar-refractivity contribution in [3.05, 3.63) is 53.4 Å². The standard InChI is InChI=1S/C17H12ClF4N5O/c18-9-1-2-12(19)11(5-9)13-7-14(25-10-3-4-24-15(23)6-10)16(27-26-13)28-8-17(20,21)22/h1-7H,8H2,(H3,23,24,25,26). The number of anilines is 3. The zero-order chi connectivity index (χ0) is 20.3. The largest absolute Gasteiger partial charge is 0.465 e. The maximum absolute atomic E-state index is 14.1. The highest BCUT2D eigenvalue weighted by molar-refractivity contribution is 6.30. The van der Waals surface area contributed by atoms with Crippen LogP contribution in [0.2, 0.25) is 5.02 Å². The zero-order valence-electron chi connectivity index (χ0n) is 14.0. The van der Waals surface area contributed by atoms with Crippen molar-refractivity contribution in [2.75, 3.05) is 17.7 Å². The van der Waals surface area contributed by atoms with Gasteiger partial charge in [-0.05, 0) is 30.3 Å². The number of aromatic nitrogens is 3. The second-order valence-corrected chi connectivity index (χ2v) is 6.01. The molecule has 0 saturated carbocycles. The Morgan fingerprint density at radius 3 is 2.61 bits per heavy atom. The van der Waals surface area contributed by atoms with Crippen molar-refractivity contribution in [1.82, 2.24) is 15.2 Å². The SMILES string of the molecule is Nc1cc(Nc2cc(-c3cc(Cl)ccc3F)nnc2OCC(F)(F)F)ccn1. The number of ether oxygens (including phenoxy) is 1. The maximum Gasteiger partial charge on any atom is 0.422 e. The molecule has 3 N–H and O–H groups in total. The minimum atomic E-state index is -4.57. The molecule has 0 aliphatic rings. The predicted octanol–water partition coefficient (Wildman–Crippen LogP) is 4.60. The Morgan fingerprint density at radius 1 is 1.11 bits per heavy atom. The van der Waals surface area contributed by atoms with Crippen LogP contribution in [-0.4, -0.2) is 28.0 Å². The summed E-state index contributed by atoms with van der Waals surface area (Å²) in [4.78, 5) is 3.82. The van der Waals surface area contributed by atoms with Crippen LogP contribution < -0.4 is 15.8 Å². The first kappa shape index (κ1) is 19.6. The number of nitrogens with two attached hydrogens (primary N) is 1. The molecule has 11 heteroatoms. The van der Waals surface area contributed by atoms with Gasteiger partial charge in [0.2, 0.25) is 0 Å². The fraction of sp³-hybridized carbons (Fsp3) is 0.118. The summed E-state index contributed by atoms with van der Waals surface area (Å²) in [6.07, 6.45) is -3.17. The molecule has 0 spiro atoms. The molecule has 0 unspecified atom stereocenters. The molecule has 3 rings (SSSR count). The van der Waals surface area contributed by atoms with Crippen LogP contribution >= 0.6 is 11.6 Å². The van der Waals surface area contributed by atoms with Gasteiger partial charge < -0.3 is 15.8 Å². The lowest BCUT2D eigenvalue weighted by atomic mass is 10.1. The van der Waals surface area contributed by atoms with Crippen molar-refractivity contribution < 1.29 is 22.3 Å². The lowest BCUT2D eigenvalue weighted by molar-refractivity contribution is -0.154. The highest BCUT2D eigenvalue weighted by Crippen LogP contribution is 2.32. The fourth-order valence-electron chi connectivity index (χ4n) is 2.23. The van der Waals surface area contributed by atoms with Crippen LogP contribution in [0.3, 0.4) is 0 Å². The summed E-state index contributed by atoms with van der Waals surface area (Å²) in [5, 5.41) is 10.5. The molecule has 146 valence electrons. The number of halogens is 5. The van der Waals surface area contributed by atoms with Crippen molar-refractivity contribution in [2.45, 2.75) is 6.18 Å². The smallest absolute Gasteiger partial charge is 0.422 e. The topological polar surface area (TPSA) is 86.0 Å². The number of pyridine rings is 1. The monoisotopic (exact) mass is 413 g/mol. The second-order valence-electron chi connectivity index (χ2n) is 5.57. The van der Waals surface area contributed by atoms with E-state index in [0.29, 0.717) is 5.69 Å². The van der Waals surface area contributed by atoms with E-state index in [0.717, 1.165) is 6.07 Å². The van der Waals surface area contributed by atoms with E-state index >= 15 is 0 Å². The van der Waals surface area contributed by atoms with E-state index in [2.05, 4.69) is 20.5 Å². The number of nitrogens with one attached hydrogen (secondary N) is 1. The lowest BCUT2D eigenvalue weighted by Crippen LogP contribution is -2.20. The van der Waals surface area contributed by atoms with E-state index in [1.54, 1.807) is 0 Å². The molecule has 2 aromatic heterocycles. The minimum Gasteiger partial charge on any atom is -0.465 e. The maximum atomic E-state index is 14.1. The Morgan fingerprint density at radius 2 is 1.89 bits per heavy atom. The number of hydrogen-bond donors (Lipinski definition) is 2. The average molecular weight is 414 g/mol. The van der Waals surface area contributed by atoms with Gasteiger partial charge in [0.25, 0.3) is 5.88 Å². The number of nitrogen functional groups attached to an aromatic ring is 1. The Hall–Kier alpha value is -3.14. The van der Waals surface area contributed by atoms with Crippen LogP contribution in [0.5, 0.6) is 5.88 Å². The van der Waals surface area contributed by atoms with Gasteiger partial charge in [0.15, 0.2) is 6.61 Å². The molecule has 0 aliphatic heterocycles. The fourth-order valence-corrected chi connectivity index (χ4v) is 2.41. The number of benzene rings is 1. The van der Waals surface area contributed by atoms with Crippen LogP contribution in [-0.2, 0) is 0 Å². The first-order valence-electron chi connectivity index (χ1n) is 7.72. The quantitative estimate of drug-likeness (QED) is 0.595. The molecule has 28 heavy (non-hydrogen) atoms. The summed E-state index contributed by atoms with van der Waals surface area (Å²) >= 11 is 5.88. The normalized spacial score (nSPS) is 11.3. The van der Waals surface area contributed by atoms with Gasteiger partial charge in [-0.15, -0.1) is 10.2 Å². The average Bonchev–Trinajstić information content (AvgIpc) is 2.62. The van der Waals surface area contributed by atoms with Gasteiger partial charge in [0.1, 0.15) is 17.3 Å². The van der Waals surface area contributed by atoms with Crippen LogP contribution in [0.15, 0.2) is 42.6 Å². The lowest BCUT2D eigenvalue weighted by Gasteiger charge is -2.14. The highest BCUT2D eigenvalue weighted by Gasteiger charge is 2.29. The summed E-state index contributed by atoms with van der Waals surface area (Å²) in [6, 6.07) is 8.10. The third-order valence-corrected chi connectivity index (χ3v) is 3.63. The molecule has 0 bridgehead atoms. The predicted molar refractivity (Wildman–Crippen MR) is 95.9 cm³/mol. The van der Waals surface area contributed by atoms with Gasteiger partial charge >= 0.3 is 6.18 Å². The minimum absolute atomic E-state index is 0.0271. The zero-order valence-corrected chi connectivity index (χ0v) is 14.7. The number of hydrogen-bond acceptors (Lipinski definition) is 6.